The summed E-state index contributed by atoms with van der Waals surface area (Å²) in [5.41, 5.74) is 13.0. The molecule has 1 aliphatic rings. The molecule has 1 unspecified atom stereocenters. The van der Waals surface area contributed by atoms with Gasteiger partial charge in [0.05, 0.1) is 0 Å². The quantitative estimate of drug-likeness (QED) is 0.578. The van der Waals surface area contributed by atoms with Gasteiger partial charge in [0.2, 0.25) is 0 Å². The second-order valence-corrected chi connectivity index (χ2v) is 4.08. The molecular formula is C12H13N5. The highest BCUT2D eigenvalue weighted by molar-refractivity contribution is 5.82. The molecule has 5 heteroatoms. The van der Waals surface area contributed by atoms with Gasteiger partial charge in [-0.2, -0.15) is 0 Å². The van der Waals surface area contributed by atoms with Crippen LogP contribution in [0.15, 0.2) is 47.7 Å². The molecule has 0 saturated heterocycles. The summed E-state index contributed by atoms with van der Waals surface area (Å²) in [6, 6.07) is 7.95. The van der Waals surface area contributed by atoms with Crippen LogP contribution in [-0.4, -0.2) is 10.9 Å². The van der Waals surface area contributed by atoms with Crippen LogP contribution < -0.4 is 16.8 Å². The van der Waals surface area contributed by atoms with Crippen LogP contribution in [0.5, 0.6) is 0 Å². The van der Waals surface area contributed by atoms with Gasteiger partial charge in [0.15, 0.2) is 11.6 Å². The van der Waals surface area contributed by atoms with Crippen molar-refractivity contribution in [3.63, 3.8) is 0 Å². The maximum absolute atomic E-state index is 6.23. The number of nitrogens with one attached hydrogen (secondary N) is 2. The fourth-order valence-electron chi connectivity index (χ4n) is 1.99. The Bertz CT molecular complexity index is 625. The largest absolute Gasteiger partial charge is 0.370 e. The predicted molar refractivity (Wildman–Crippen MR) is 68.1 cm³/mol. The first kappa shape index (κ1) is 9.92. The van der Waals surface area contributed by atoms with Crippen molar-refractivity contribution in [2.45, 2.75) is 5.66 Å². The highest BCUT2D eigenvalue weighted by Crippen LogP contribution is 2.26. The van der Waals surface area contributed by atoms with Gasteiger partial charge in [-0.15, -0.1) is 0 Å². The fraction of sp³-hybridized carbons (Fsp3) is 0.0833. The van der Waals surface area contributed by atoms with Crippen LogP contribution in [0.2, 0.25) is 0 Å². The number of aromatic amines is 1. The summed E-state index contributed by atoms with van der Waals surface area (Å²) in [4.78, 5) is 7.38. The van der Waals surface area contributed by atoms with Crippen molar-refractivity contribution in [3.8, 4) is 0 Å². The molecule has 0 amide bonds. The van der Waals surface area contributed by atoms with Crippen molar-refractivity contribution < 1.29 is 0 Å². The highest BCUT2D eigenvalue weighted by atomic mass is 15.2. The number of rotatable bonds is 1. The Morgan fingerprint density at radius 2 is 2.12 bits per heavy atom. The molecule has 1 aromatic carbocycles. The summed E-state index contributed by atoms with van der Waals surface area (Å²) < 4.78 is 0. The lowest BCUT2D eigenvalue weighted by Gasteiger charge is -2.25. The van der Waals surface area contributed by atoms with E-state index in [1.54, 1.807) is 12.3 Å². The van der Waals surface area contributed by atoms with Gasteiger partial charge in [0.1, 0.15) is 0 Å². The first-order chi connectivity index (χ1) is 8.17. The fourth-order valence-corrected chi connectivity index (χ4v) is 1.99. The summed E-state index contributed by atoms with van der Waals surface area (Å²) in [5.74, 6) is 0.323. The number of nitrogens with two attached hydrogens (primary N) is 2. The summed E-state index contributed by atoms with van der Waals surface area (Å²) in [6.07, 6.45) is 5.40. The maximum atomic E-state index is 6.23. The van der Waals surface area contributed by atoms with Gasteiger partial charge in [-0.05, 0) is 35.2 Å². The lowest BCUT2D eigenvalue weighted by atomic mass is 9.99. The molecule has 1 aromatic heterocycles. The number of hydrogen-bond acceptors (Lipinski definition) is 4. The van der Waals surface area contributed by atoms with E-state index in [0.717, 1.165) is 16.5 Å². The van der Waals surface area contributed by atoms with Crippen molar-refractivity contribution in [1.82, 2.24) is 10.3 Å². The number of nitrogens with zero attached hydrogens (tertiary/aromatic N) is 1. The van der Waals surface area contributed by atoms with Crippen LogP contribution >= 0.6 is 0 Å². The second-order valence-electron chi connectivity index (χ2n) is 4.08. The molecule has 0 saturated carbocycles. The number of guanidine groups is 1. The molecule has 2 heterocycles. The molecule has 0 aliphatic carbocycles. The van der Waals surface area contributed by atoms with E-state index >= 15 is 0 Å². The molecule has 3 rings (SSSR count). The molecule has 1 aliphatic heterocycles. The predicted octanol–water partition coefficient (Wildman–Crippen LogP) is 0.711. The van der Waals surface area contributed by atoms with E-state index in [9.17, 15) is 0 Å². The summed E-state index contributed by atoms with van der Waals surface area (Å²) in [6.45, 7) is 0. The van der Waals surface area contributed by atoms with Crippen molar-refractivity contribution >= 4 is 16.9 Å². The number of aliphatic imine (C=N–C) groups is 1. The van der Waals surface area contributed by atoms with Crippen LogP contribution in [0.1, 0.15) is 5.56 Å². The normalized spacial score (nSPS) is 23.5. The van der Waals surface area contributed by atoms with Gasteiger partial charge in [-0.3, -0.25) is 5.73 Å². The van der Waals surface area contributed by atoms with Crippen LogP contribution in [0, 0.1) is 0 Å². The molecule has 2 aromatic rings. The molecule has 0 bridgehead atoms. The van der Waals surface area contributed by atoms with Gasteiger partial charge >= 0.3 is 0 Å². The Labute approximate surface area is 98.2 Å². The van der Waals surface area contributed by atoms with Gasteiger partial charge in [-0.1, -0.05) is 6.07 Å². The van der Waals surface area contributed by atoms with E-state index < -0.39 is 5.66 Å². The number of H-pyrrole nitrogens is 1. The van der Waals surface area contributed by atoms with Crippen LogP contribution in [0.4, 0.5) is 0 Å². The van der Waals surface area contributed by atoms with Crippen molar-refractivity contribution in [1.29, 1.82) is 0 Å². The monoisotopic (exact) mass is 227 g/mol. The maximum Gasteiger partial charge on any atom is 0.195 e. The van der Waals surface area contributed by atoms with Crippen LogP contribution in [-0.2, 0) is 5.66 Å². The molecule has 1 atom stereocenters. The Morgan fingerprint density at radius 3 is 2.94 bits per heavy atom. The number of fused-ring (bicyclic) bond motifs is 1. The second kappa shape index (κ2) is 3.36. The molecule has 5 nitrogen and oxygen atoms in total. The molecule has 0 spiro atoms. The SMILES string of the molecule is NC1=NC(N)(c2ccc3[nH]ccc3c2)C=CN1. The molecule has 0 radical (unpaired) electrons. The third-order valence-electron chi connectivity index (χ3n) is 2.89. The lowest BCUT2D eigenvalue weighted by Crippen LogP contribution is -2.42. The van der Waals surface area contributed by atoms with E-state index in [0.29, 0.717) is 5.96 Å². The zero-order valence-corrected chi connectivity index (χ0v) is 9.14. The Morgan fingerprint density at radius 1 is 1.24 bits per heavy atom. The lowest BCUT2D eigenvalue weighted by molar-refractivity contribution is 0.582. The minimum atomic E-state index is -0.888. The Kier molecular flexibility index (Phi) is 1.96. The van der Waals surface area contributed by atoms with Crippen LogP contribution in [0.25, 0.3) is 10.9 Å². The van der Waals surface area contributed by atoms with Gasteiger partial charge in [-0.25, -0.2) is 4.99 Å². The minimum Gasteiger partial charge on any atom is -0.370 e. The van der Waals surface area contributed by atoms with E-state index in [4.69, 9.17) is 11.5 Å². The van der Waals surface area contributed by atoms with E-state index in [-0.39, 0.29) is 0 Å². The molecule has 86 valence electrons. The molecule has 17 heavy (non-hydrogen) atoms. The zero-order valence-electron chi connectivity index (χ0n) is 9.14. The molecular weight excluding hydrogens is 214 g/mol. The average Bonchev–Trinajstić information content (AvgIpc) is 2.75. The highest BCUT2D eigenvalue weighted by Gasteiger charge is 2.26. The summed E-state index contributed by atoms with van der Waals surface area (Å²) >= 11 is 0. The summed E-state index contributed by atoms with van der Waals surface area (Å²) in [7, 11) is 0. The number of aromatic nitrogens is 1. The van der Waals surface area contributed by atoms with Crippen LogP contribution in [0.3, 0.4) is 0 Å². The smallest absolute Gasteiger partial charge is 0.195 e. The van der Waals surface area contributed by atoms with Crippen molar-refractivity contribution in [3.05, 3.63) is 48.3 Å². The third kappa shape index (κ3) is 1.57. The Balaban J connectivity index is 2.13. The van der Waals surface area contributed by atoms with E-state index in [1.165, 1.54) is 0 Å². The van der Waals surface area contributed by atoms with E-state index in [2.05, 4.69) is 15.3 Å². The standard InChI is InChI=1S/C12H13N5/c13-11-16-6-4-12(14,17-11)9-1-2-10-8(7-9)3-5-15-10/h1-7,15H,14H2,(H3,13,16,17). The van der Waals surface area contributed by atoms with E-state index in [1.807, 2.05) is 30.5 Å². The number of hydrogen-bond donors (Lipinski definition) is 4. The molecule has 0 fully saturated rings. The van der Waals surface area contributed by atoms with Gasteiger partial charge in [0.25, 0.3) is 0 Å². The average molecular weight is 227 g/mol. The Hall–Kier alpha value is -2.27. The van der Waals surface area contributed by atoms with Gasteiger partial charge in [0, 0.05) is 17.9 Å². The van der Waals surface area contributed by atoms with Crippen molar-refractivity contribution in [2.75, 3.05) is 0 Å². The van der Waals surface area contributed by atoms with Crippen molar-refractivity contribution in [2.24, 2.45) is 16.5 Å². The molecule has 6 N–H and O–H groups in total. The first-order valence-corrected chi connectivity index (χ1v) is 5.33. The topological polar surface area (TPSA) is 92.2 Å². The first-order valence-electron chi connectivity index (χ1n) is 5.33. The summed E-state index contributed by atoms with van der Waals surface area (Å²) in [5, 5.41) is 3.90. The zero-order chi connectivity index (χ0) is 11.9. The minimum absolute atomic E-state index is 0.323. The van der Waals surface area contributed by atoms with Gasteiger partial charge < -0.3 is 16.0 Å². The number of benzene rings is 1. The third-order valence-corrected chi connectivity index (χ3v) is 2.89.